The van der Waals surface area contributed by atoms with Gasteiger partial charge in [0.05, 0.1) is 13.7 Å². The van der Waals surface area contributed by atoms with Crippen molar-refractivity contribution < 1.29 is 19.1 Å². The molecule has 0 radical (unpaired) electrons. The Kier molecular flexibility index (Phi) is 6.89. The van der Waals surface area contributed by atoms with E-state index in [9.17, 15) is 9.59 Å². The van der Waals surface area contributed by atoms with E-state index in [1.165, 1.54) is 11.8 Å². The fraction of sp³-hybridized carbons (Fsp3) is 0.529. The topological polar surface area (TPSA) is 55.8 Å². The van der Waals surface area contributed by atoms with Gasteiger partial charge in [0.1, 0.15) is 11.8 Å². The number of hydrogen-bond acceptors (Lipinski definition) is 4. The molecule has 0 saturated carbocycles. The van der Waals surface area contributed by atoms with Gasteiger partial charge in [0.25, 0.3) is 0 Å². The summed E-state index contributed by atoms with van der Waals surface area (Å²) in [4.78, 5) is 25.8. The van der Waals surface area contributed by atoms with Crippen molar-refractivity contribution >= 4 is 17.6 Å². The molecule has 1 unspecified atom stereocenters. The van der Waals surface area contributed by atoms with Gasteiger partial charge >= 0.3 is 5.97 Å². The Morgan fingerprint density at radius 3 is 2.45 bits per heavy atom. The fourth-order valence-corrected chi connectivity index (χ4v) is 2.14. The molecule has 0 aliphatic rings. The quantitative estimate of drug-likeness (QED) is 0.727. The number of carbonyl (C=O) groups excluding carboxylic acids is 2. The lowest BCUT2D eigenvalue weighted by Crippen LogP contribution is -2.45. The maximum atomic E-state index is 12.3. The maximum Gasteiger partial charge on any atom is 0.329 e. The second kappa shape index (κ2) is 8.41. The van der Waals surface area contributed by atoms with Crippen LogP contribution in [0.1, 0.15) is 34.1 Å². The molecular formula is C17H25NO4. The first-order chi connectivity index (χ1) is 10.4. The van der Waals surface area contributed by atoms with E-state index in [4.69, 9.17) is 9.47 Å². The van der Waals surface area contributed by atoms with E-state index in [1.807, 2.05) is 20.8 Å². The van der Waals surface area contributed by atoms with Crippen LogP contribution in [0.4, 0.5) is 5.69 Å². The lowest BCUT2D eigenvalue weighted by molar-refractivity contribution is -0.147. The zero-order valence-corrected chi connectivity index (χ0v) is 14.0. The zero-order valence-electron chi connectivity index (χ0n) is 14.0. The van der Waals surface area contributed by atoms with E-state index < -0.39 is 6.04 Å². The van der Waals surface area contributed by atoms with E-state index in [2.05, 4.69) is 0 Å². The number of methoxy groups -OCH3 is 1. The average Bonchev–Trinajstić information content (AvgIpc) is 2.49. The maximum absolute atomic E-state index is 12.3. The fourth-order valence-electron chi connectivity index (χ4n) is 2.14. The van der Waals surface area contributed by atoms with Gasteiger partial charge in [0.15, 0.2) is 0 Å². The van der Waals surface area contributed by atoms with Gasteiger partial charge in [0, 0.05) is 18.7 Å². The predicted octanol–water partition coefficient (Wildman–Crippen LogP) is 3.03. The standard InChI is InChI=1S/C17H25NO4/c1-6-16(17(20)22-11-12(2)3)18(13(4)19)14-8-7-9-15(10-14)21-5/h7-10,12,16H,6,11H2,1-5H3. The molecule has 0 bridgehead atoms. The van der Waals surface area contributed by atoms with Crippen LogP contribution in [0, 0.1) is 5.92 Å². The molecule has 0 fully saturated rings. The molecule has 1 amide bonds. The number of benzene rings is 1. The molecule has 0 aliphatic heterocycles. The van der Waals surface area contributed by atoms with Gasteiger partial charge in [0.2, 0.25) is 5.91 Å². The van der Waals surface area contributed by atoms with Crippen LogP contribution >= 0.6 is 0 Å². The Hall–Kier alpha value is -2.04. The normalized spacial score (nSPS) is 11.9. The first kappa shape index (κ1) is 18.0. The van der Waals surface area contributed by atoms with Crippen LogP contribution in [-0.2, 0) is 14.3 Å². The Morgan fingerprint density at radius 1 is 1.27 bits per heavy atom. The van der Waals surface area contributed by atoms with Gasteiger partial charge < -0.3 is 9.47 Å². The minimum atomic E-state index is -0.636. The summed E-state index contributed by atoms with van der Waals surface area (Å²) in [6.07, 6.45) is 0.480. The molecule has 0 N–H and O–H groups in total. The van der Waals surface area contributed by atoms with Crippen molar-refractivity contribution in [3.8, 4) is 5.75 Å². The van der Waals surface area contributed by atoms with Crippen LogP contribution in [0.15, 0.2) is 24.3 Å². The Balaban J connectivity index is 3.05. The van der Waals surface area contributed by atoms with Gasteiger partial charge in [-0.2, -0.15) is 0 Å². The van der Waals surface area contributed by atoms with E-state index in [0.717, 1.165) is 0 Å². The molecule has 1 aromatic carbocycles. The molecule has 0 saturated heterocycles. The lowest BCUT2D eigenvalue weighted by Gasteiger charge is -2.29. The van der Waals surface area contributed by atoms with Crippen LogP contribution in [0.5, 0.6) is 5.75 Å². The van der Waals surface area contributed by atoms with E-state index in [0.29, 0.717) is 24.5 Å². The van der Waals surface area contributed by atoms with Crippen molar-refractivity contribution in [3.63, 3.8) is 0 Å². The second-order valence-corrected chi connectivity index (χ2v) is 5.54. The highest BCUT2D eigenvalue weighted by atomic mass is 16.5. The summed E-state index contributed by atoms with van der Waals surface area (Å²) in [6, 6.07) is 6.46. The number of esters is 1. The lowest BCUT2D eigenvalue weighted by atomic mass is 10.1. The van der Waals surface area contributed by atoms with Gasteiger partial charge in [-0.3, -0.25) is 9.69 Å². The summed E-state index contributed by atoms with van der Waals surface area (Å²) in [6.45, 7) is 7.59. The summed E-state index contributed by atoms with van der Waals surface area (Å²) in [5.41, 5.74) is 0.625. The molecule has 0 heterocycles. The molecule has 22 heavy (non-hydrogen) atoms. The molecular weight excluding hydrogens is 282 g/mol. The van der Waals surface area contributed by atoms with Gasteiger partial charge in [-0.05, 0) is 24.5 Å². The molecule has 0 aromatic heterocycles. The van der Waals surface area contributed by atoms with E-state index in [1.54, 1.807) is 31.4 Å². The zero-order chi connectivity index (χ0) is 16.7. The predicted molar refractivity (Wildman–Crippen MR) is 86.0 cm³/mol. The van der Waals surface area contributed by atoms with Crippen LogP contribution in [0.3, 0.4) is 0 Å². The number of carbonyl (C=O) groups is 2. The SMILES string of the molecule is CCC(C(=O)OCC(C)C)N(C(C)=O)c1cccc(OC)c1. The summed E-state index contributed by atoms with van der Waals surface area (Å²) >= 11 is 0. The molecule has 1 atom stereocenters. The number of anilines is 1. The highest BCUT2D eigenvalue weighted by Crippen LogP contribution is 2.24. The molecule has 0 spiro atoms. The first-order valence-corrected chi connectivity index (χ1v) is 7.51. The van der Waals surface area contributed by atoms with Gasteiger partial charge in [-0.25, -0.2) is 4.79 Å². The van der Waals surface area contributed by atoms with Crippen molar-refractivity contribution in [2.75, 3.05) is 18.6 Å². The van der Waals surface area contributed by atoms with E-state index in [-0.39, 0.29) is 17.8 Å². The Morgan fingerprint density at radius 2 is 1.95 bits per heavy atom. The third-order valence-electron chi connectivity index (χ3n) is 3.20. The number of amides is 1. The van der Waals surface area contributed by atoms with Crippen molar-refractivity contribution in [1.82, 2.24) is 0 Å². The molecule has 5 heteroatoms. The number of hydrogen-bond donors (Lipinski definition) is 0. The van der Waals surface area contributed by atoms with Gasteiger partial charge in [-0.1, -0.05) is 26.8 Å². The van der Waals surface area contributed by atoms with Crippen molar-refractivity contribution in [2.24, 2.45) is 5.92 Å². The average molecular weight is 307 g/mol. The molecule has 0 aliphatic carbocycles. The van der Waals surface area contributed by atoms with Crippen LogP contribution < -0.4 is 9.64 Å². The van der Waals surface area contributed by atoms with Crippen molar-refractivity contribution in [3.05, 3.63) is 24.3 Å². The highest BCUT2D eigenvalue weighted by Gasteiger charge is 2.29. The summed E-state index contributed by atoms with van der Waals surface area (Å²) < 4.78 is 10.5. The third-order valence-corrected chi connectivity index (χ3v) is 3.20. The molecule has 122 valence electrons. The van der Waals surface area contributed by atoms with Gasteiger partial charge in [-0.15, -0.1) is 0 Å². The van der Waals surface area contributed by atoms with Crippen molar-refractivity contribution in [1.29, 1.82) is 0 Å². The van der Waals surface area contributed by atoms with Crippen LogP contribution in [0.25, 0.3) is 0 Å². The smallest absolute Gasteiger partial charge is 0.329 e. The Bertz CT molecular complexity index is 513. The largest absolute Gasteiger partial charge is 0.497 e. The minimum absolute atomic E-state index is 0.207. The number of nitrogens with zero attached hydrogens (tertiary/aromatic N) is 1. The second-order valence-electron chi connectivity index (χ2n) is 5.54. The molecule has 1 aromatic rings. The molecule has 1 rings (SSSR count). The van der Waals surface area contributed by atoms with Crippen LogP contribution in [0.2, 0.25) is 0 Å². The Labute approximate surface area is 132 Å². The minimum Gasteiger partial charge on any atom is -0.497 e. The third kappa shape index (κ3) is 4.76. The summed E-state index contributed by atoms with van der Waals surface area (Å²) in [5, 5.41) is 0. The first-order valence-electron chi connectivity index (χ1n) is 7.51. The van der Waals surface area contributed by atoms with E-state index >= 15 is 0 Å². The number of ether oxygens (including phenoxy) is 2. The number of rotatable bonds is 7. The van der Waals surface area contributed by atoms with Crippen LogP contribution in [-0.4, -0.2) is 31.6 Å². The molecule has 5 nitrogen and oxygen atoms in total. The highest BCUT2D eigenvalue weighted by molar-refractivity contribution is 5.98. The summed E-state index contributed by atoms with van der Waals surface area (Å²) in [7, 11) is 1.56. The monoisotopic (exact) mass is 307 g/mol. The van der Waals surface area contributed by atoms with Crippen molar-refractivity contribution in [2.45, 2.75) is 40.2 Å². The summed E-state index contributed by atoms with van der Waals surface area (Å²) in [5.74, 6) is 0.300.